The molecule has 0 aromatic heterocycles. The summed E-state index contributed by atoms with van der Waals surface area (Å²) in [6, 6.07) is 0. The van der Waals surface area contributed by atoms with Crippen molar-refractivity contribution < 1.29 is 57.7 Å². The molecule has 0 aromatic carbocycles. The number of ether oxygens (including phenoxy) is 3. The molecule has 2 heterocycles. The Balaban J connectivity index is -0.000000203. The highest BCUT2D eigenvalue weighted by atomic mass is 16.5. The second-order valence-corrected chi connectivity index (χ2v) is 29.3. The first kappa shape index (κ1) is 89.4. The molecule has 0 radical (unpaired) electrons. The Labute approximate surface area is 502 Å². The highest BCUT2D eigenvalue weighted by Crippen LogP contribution is 2.22. The van der Waals surface area contributed by atoms with E-state index in [9.17, 15) is 38.4 Å². The van der Waals surface area contributed by atoms with Gasteiger partial charge in [0, 0.05) is 85.6 Å². The number of Topliss-reactive ketones (excluding diaryl/α,β-unsaturated/α-hetero) is 3. The number of ketones is 3. The Kier molecular flexibility index (Phi) is 46.7. The van der Waals surface area contributed by atoms with Crippen LogP contribution in [0, 0.1) is 43.3 Å². The molecule has 2 rings (SSSR count). The van der Waals surface area contributed by atoms with Gasteiger partial charge in [-0.1, -0.05) is 104 Å². The predicted molar refractivity (Wildman–Crippen MR) is 338 cm³/mol. The zero-order valence-corrected chi connectivity index (χ0v) is 58.5. The zero-order valence-electron chi connectivity index (χ0n) is 58.5. The molecule has 0 atom stereocenters. The van der Waals surface area contributed by atoms with Gasteiger partial charge in [-0.05, 0) is 136 Å². The van der Waals surface area contributed by atoms with Gasteiger partial charge in [0.05, 0.1) is 43.2 Å². The van der Waals surface area contributed by atoms with Gasteiger partial charge in [-0.2, -0.15) is 0 Å². The van der Waals surface area contributed by atoms with Gasteiger partial charge in [0.1, 0.15) is 17.3 Å². The van der Waals surface area contributed by atoms with E-state index in [0.717, 1.165) is 71.6 Å². The maximum absolute atomic E-state index is 11.8. The van der Waals surface area contributed by atoms with Crippen LogP contribution in [0.5, 0.6) is 0 Å². The molecule has 0 bridgehead atoms. The van der Waals surface area contributed by atoms with Gasteiger partial charge in [-0.25, -0.2) is 0 Å². The van der Waals surface area contributed by atoms with Crippen LogP contribution in [0.25, 0.3) is 0 Å². The summed E-state index contributed by atoms with van der Waals surface area (Å²) in [7, 11) is 9.46. The molecular weight excluding hydrogens is 1040 g/mol. The Bertz CT molecular complexity index is 1780. The summed E-state index contributed by atoms with van der Waals surface area (Å²) < 4.78 is 14.4. The lowest BCUT2D eigenvalue weighted by molar-refractivity contribution is -0.152. The molecule has 82 heavy (non-hydrogen) atoms. The molecule has 0 unspecified atom stereocenters. The van der Waals surface area contributed by atoms with Crippen molar-refractivity contribution in [2.75, 3.05) is 114 Å². The highest BCUT2D eigenvalue weighted by molar-refractivity contribution is 5.85. The van der Waals surface area contributed by atoms with Crippen molar-refractivity contribution in [1.29, 1.82) is 0 Å². The number of carboxylic acids is 1. The minimum atomic E-state index is -0.757. The maximum Gasteiger partial charge on any atom is 0.311 e. The van der Waals surface area contributed by atoms with E-state index in [0.29, 0.717) is 63.0 Å². The van der Waals surface area contributed by atoms with E-state index in [1.165, 1.54) is 7.11 Å². The van der Waals surface area contributed by atoms with Gasteiger partial charge in [-0.15, -0.1) is 0 Å². The van der Waals surface area contributed by atoms with Gasteiger partial charge in [-0.3, -0.25) is 38.4 Å². The number of amides is 2. The lowest BCUT2D eigenvalue weighted by Crippen LogP contribution is -2.50. The standard InChI is InChI=1S/C10H20N2O.C10H21NO.C9H17NO2.C9H19NO.C8H17NO.C7H14O2.C6H12O2.C5H10O2/c1-10(2,3)9(13)12-7-5-11(4)6-8-12;1-10(2,3)9(12)7-6-8-11(4)5;1-9(2,3)8(11)10-4-6-12-7-5-10;1-9(2,3)8(11)6-5-7-10-4;1-8(2,3)7(10)5-4-6-9;1-5-9-6(8)7(2,3)4;1-6(2,3)5(7)8-4;1-5(2,3)4(6)7/h5-8H2,1-4H3;6-8H2,1-5H3;4-7H2,1-3H3;10H,5-7H2,1-4H3;4-6,9H2,1-3H3;5H2,1-4H3;1-4H3;1-3H3,(H,6,7). The predicted octanol–water partition coefficient (Wildman–Crippen LogP) is 10.5. The summed E-state index contributed by atoms with van der Waals surface area (Å²) in [6.07, 6.45) is 4.78. The van der Waals surface area contributed by atoms with E-state index in [2.05, 4.69) is 26.9 Å². The number of aliphatic carboxylic acids is 1. The summed E-state index contributed by atoms with van der Waals surface area (Å²) in [4.78, 5) is 97.1. The Morgan fingerprint density at radius 3 is 1.07 bits per heavy atom. The Morgan fingerprint density at radius 2 is 0.841 bits per heavy atom. The fourth-order valence-corrected chi connectivity index (χ4v) is 5.75. The number of carbonyl (C=O) groups is 8. The van der Waals surface area contributed by atoms with Gasteiger partial charge in [0.2, 0.25) is 11.8 Å². The minimum absolute atomic E-state index is 0.134. The molecular formula is C64H130N6O12. The number of rotatable bonds is 12. The Morgan fingerprint density at radius 1 is 0.512 bits per heavy atom. The Hall–Kier alpha value is -3.84. The maximum atomic E-state index is 11.8. The van der Waals surface area contributed by atoms with Crippen molar-refractivity contribution >= 4 is 47.1 Å². The number of piperazine rings is 1. The van der Waals surface area contributed by atoms with Gasteiger partial charge >= 0.3 is 17.9 Å². The number of carboxylic acid groups (broad SMARTS) is 1. The fourth-order valence-electron chi connectivity index (χ4n) is 5.75. The molecule has 2 fully saturated rings. The molecule has 18 heteroatoms. The number of morpholine rings is 1. The van der Waals surface area contributed by atoms with E-state index >= 15 is 0 Å². The number of carbonyl (C=O) groups excluding carboxylic acids is 7. The summed E-state index contributed by atoms with van der Waals surface area (Å²) in [5.41, 5.74) is 3.00. The minimum Gasteiger partial charge on any atom is -0.481 e. The van der Waals surface area contributed by atoms with Crippen molar-refractivity contribution in [2.45, 2.75) is 212 Å². The van der Waals surface area contributed by atoms with Crippen LogP contribution < -0.4 is 11.1 Å². The average Bonchev–Trinajstić information content (AvgIpc) is 3.32. The van der Waals surface area contributed by atoms with Crippen molar-refractivity contribution in [3.8, 4) is 0 Å². The molecule has 0 spiro atoms. The fraction of sp³-hybridized carbons (Fsp3) is 0.875. The van der Waals surface area contributed by atoms with Crippen LogP contribution >= 0.6 is 0 Å². The van der Waals surface area contributed by atoms with Crippen LogP contribution in [-0.4, -0.2) is 186 Å². The normalized spacial score (nSPS) is 14.1. The zero-order chi connectivity index (χ0) is 66.5. The van der Waals surface area contributed by atoms with Crippen LogP contribution in [0.4, 0.5) is 0 Å². The molecule has 2 amide bonds. The number of esters is 2. The quantitative estimate of drug-likeness (QED) is 0.122. The molecule has 2 aliphatic rings. The lowest BCUT2D eigenvalue weighted by Gasteiger charge is -2.36. The third-order valence-corrected chi connectivity index (χ3v) is 11.7. The molecule has 2 saturated heterocycles. The van der Waals surface area contributed by atoms with Crippen LogP contribution in [0.1, 0.15) is 212 Å². The van der Waals surface area contributed by atoms with E-state index in [1.807, 2.05) is 183 Å². The SMILES string of the molecule is CC(C)(C)C(=O)CCCN.CC(C)(C)C(=O)N1CCOCC1.CC(C)(C)C(=O)O.CCOC(=O)C(C)(C)C.CN(C)CCCC(=O)C(C)(C)C.CN1CCN(C(=O)C(C)(C)C)CC1.CNCCCC(=O)C(C)(C)C.COC(=O)C(C)(C)C. The second-order valence-electron chi connectivity index (χ2n) is 29.3. The van der Waals surface area contributed by atoms with E-state index in [-0.39, 0.29) is 61.7 Å². The first-order chi connectivity index (χ1) is 36.6. The van der Waals surface area contributed by atoms with E-state index < -0.39 is 11.4 Å². The van der Waals surface area contributed by atoms with Crippen molar-refractivity contribution in [3.63, 3.8) is 0 Å². The number of hydrogen-bond donors (Lipinski definition) is 3. The van der Waals surface area contributed by atoms with E-state index in [4.69, 9.17) is 20.3 Å². The van der Waals surface area contributed by atoms with Crippen molar-refractivity contribution in [2.24, 2.45) is 49.1 Å². The first-order valence-electron chi connectivity index (χ1n) is 29.6. The molecule has 0 aliphatic carbocycles. The molecule has 0 aromatic rings. The smallest absolute Gasteiger partial charge is 0.311 e. The third kappa shape index (κ3) is 52.9. The number of nitrogens with zero attached hydrogens (tertiary/aromatic N) is 4. The number of likely N-dealkylation sites (N-methyl/N-ethyl adjacent to an activating group) is 1. The number of nitrogens with one attached hydrogen (secondary N) is 1. The van der Waals surface area contributed by atoms with Crippen LogP contribution in [0.3, 0.4) is 0 Å². The van der Waals surface area contributed by atoms with Crippen molar-refractivity contribution in [1.82, 2.24) is 24.9 Å². The molecule has 0 saturated carbocycles. The first-order valence-corrected chi connectivity index (χ1v) is 29.6. The number of hydrogen-bond acceptors (Lipinski definition) is 15. The topological polar surface area (TPSA) is 235 Å². The lowest BCUT2D eigenvalue weighted by atomic mass is 9.88. The van der Waals surface area contributed by atoms with Gasteiger partial charge in [0.15, 0.2) is 0 Å². The van der Waals surface area contributed by atoms with Gasteiger partial charge in [0.25, 0.3) is 0 Å². The van der Waals surface area contributed by atoms with Gasteiger partial charge < -0.3 is 50.0 Å². The molecule has 2 aliphatic heterocycles. The second kappa shape index (κ2) is 42.9. The van der Waals surface area contributed by atoms with E-state index in [1.54, 1.807) is 20.8 Å². The summed E-state index contributed by atoms with van der Waals surface area (Å²) in [5, 5.41) is 11.3. The summed E-state index contributed by atoms with van der Waals surface area (Å²) in [5.74, 6) is 0.469. The number of methoxy groups -OCH3 is 1. The van der Waals surface area contributed by atoms with Crippen LogP contribution in [-0.2, 0) is 52.6 Å². The summed E-state index contributed by atoms with van der Waals surface area (Å²) in [6.45, 7) is 56.8. The monoisotopic (exact) mass is 1170 g/mol. The van der Waals surface area contributed by atoms with Crippen LogP contribution in [0.15, 0.2) is 0 Å². The third-order valence-electron chi connectivity index (χ3n) is 11.7. The molecule has 488 valence electrons. The molecule has 18 nitrogen and oxygen atoms in total. The largest absolute Gasteiger partial charge is 0.481 e. The average molecular weight is 1180 g/mol. The molecule has 4 N–H and O–H groups in total. The van der Waals surface area contributed by atoms with Crippen molar-refractivity contribution in [3.05, 3.63) is 0 Å². The summed E-state index contributed by atoms with van der Waals surface area (Å²) >= 11 is 0. The highest BCUT2D eigenvalue weighted by Gasteiger charge is 2.30. The number of nitrogens with two attached hydrogens (primary N) is 1. The van der Waals surface area contributed by atoms with Crippen LogP contribution in [0.2, 0.25) is 0 Å².